The van der Waals surface area contributed by atoms with Gasteiger partial charge in [-0.2, -0.15) is 0 Å². The van der Waals surface area contributed by atoms with E-state index in [-0.39, 0.29) is 5.91 Å². The van der Waals surface area contributed by atoms with Crippen LogP contribution in [-0.4, -0.2) is 39.5 Å². The number of rotatable bonds is 4. The molecule has 1 unspecified atom stereocenters. The summed E-state index contributed by atoms with van der Waals surface area (Å²) < 4.78 is 1.77. The lowest BCUT2D eigenvalue weighted by Crippen LogP contribution is -2.37. The van der Waals surface area contributed by atoms with Gasteiger partial charge in [0.1, 0.15) is 5.69 Å². The minimum absolute atomic E-state index is 0.0771. The van der Waals surface area contributed by atoms with Crippen molar-refractivity contribution in [2.75, 3.05) is 13.1 Å². The van der Waals surface area contributed by atoms with Gasteiger partial charge in [0.05, 0.1) is 5.41 Å². The number of aryl methyl sites for hydroxylation is 1. The highest BCUT2D eigenvalue weighted by atomic mass is 16.4. The zero-order valence-electron chi connectivity index (χ0n) is 11.4. The normalized spacial score (nSPS) is 22.7. The summed E-state index contributed by atoms with van der Waals surface area (Å²) in [7, 11) is 1.82. The summed E-state index contributed by atoms with van der Waals surface area (Å²) in [5.41, 5.74) is -0.145. The van der Waals surface area contributed by atoms with Crippen molar-refractivity contribution in [1.82, 2.24) is 9.47 Å². The predicted molar refractivity (Wildman–Crippen MR) is 70.9 cm³/mol. The molecule has 1 atom stereocenters. The molecular weight excluding hydrogens is 244 g/mol. The largest absolute Gasteiger partial charge is 0.481 e. The van der Waals surface area contributed by atoms with Gasteiger partial charge in [-0.15, -0.1) is 0 Å². The van der Waals surface area contributed by atoms with Crippen molar-refractivity contribution in [2.24, 2.45) is 12.5 Å². The molecule has 0 radical (unpaired) electrons. The van der Waals surface area contributed by atoms with Crippen molar-refractivity contribution in [3.63, 3.8) is 0 Å². The Morgan fingerprint density at radius 3 is 2.74 bits per heavy atom. The Labute approximate surface area is 112 Å². The second-order valence-electron chi connectivity index (χ2n) is 5.32. The molecule has 0 bridgehead atoms. The van der Waals surface area contributed by atoms with Gasteiger partial charge in [-0.05, 0) is 25.0 Å². The smallest absolute Gasteiger partial charge is 0.311 e. The first-order valence-corrected chi connectivity index (χ1v) is 6.64. The van der Waals surface area contributed by atoms with Gasteiger partial charge in [-0.25, -0.2) is 0 Å². The third-order valence-corrected chi connectivity index (χ3v) is 3.99. The summed E-state index contributed by atoms with van der Waals surface area (Å²) in [6, 6.07) is 3.59. The van der Waals surface area contributed by atoms with Crippen molar-refractivity contribution >= 4 is 11.9 Å². The summed E-state index contributed by atoms with van der Waals surface area (Å²) in [6.07, 6.45) is 3.81. The number of aromatic nitrogens is 1. The summed E-state index contributed by atoms with van der Waals surface area (Å²) in [6.45, 7) is 2.82. The Kier molecular flexibility index (Phi) is 3.64. The molecule has 0 aromatic carbocycles. The molecule has 0 saturated carbocycles. The van der Waals surface area contributed by atoms with Crippen LogP contribution in [0.15, 0.2) is 18.3 Å². The van der Waals surface area contributed by atoms with Gasteiger partial charge < -0.3 is 14.6 Å². The molecule has 0 aliphatic carbocycles. The average Bonchev–Trinajstić information content (AvgIpc) is 2.96. The maximum atomic E-state index is 12.4. The van der Waals surface area contributed by atoms with Gasteiger partial charge in [0.15, 0.2) is 0 Å². The van der Waals surface area contributed by atoms with Crippen LogP contribution < -0.4 is 0 Å². The number of nitrogens with zero attached hydrogens (tertiary/aromatic N) is 2. The first-order chi connectivity index (χ1) is 9.00. The van der Waals surface area contributed by atoms with Crippen LogP contribution in [0.1, 0.15) is 36.7 Å². The maximum Gasteiger partial charge on any atom is 0.311 e. The Bertz CT molecular complexity index is 495. The Morgan fingerprint density at radius 1 is 1.47 bits per heavy atom. The van der Waals surface area contributed by atoms with Crippen LogP contribution in [0.3, 0.4) is 0 Å². The van der Waals surface area contributed by atoms with E-state index >= 15 is 0 Å². The minimum atomic E-state index is -0.781. The Hall–Kier alpha value is -1.78. The predicted octanol–water partition coefficient (Wildman–Crippen LogP) is 1.74. The van der Waals surface area contributed by atoms with E-state index < -0.39 is 11.4 Å². The van der Waals surface area contributed by atoms with Gasteiger partial charge >= 0.3 is 5.97 Å². The van der Waals surface area contributed by atoms with Crippen LogP contribution in [0.25, 0.3) is 0 Å². The maximum absolute atomic E-state index is 12.4. The average molecular weight is 264 g/mol. The molecule has 1 aromatic heterocycles. The number of likely N-dealkylation sites (tertiary alicyclic amines) is 1. The number of aliphatic carboxylic acids is 1. The van der Waals surface area contributed by atoms with Crippen LogP contribution in [0.4, 0.5) is 0 Å². The summed E-state index contributed by atoms with van der Waals surface area (Å²) in [4.78, 5) is 25.5. The van der Waals surface area contributed by atoms with E-state index in [0.717, 1.165) is 6.42 Å². The molecule has 1 aliphatic rings. The highest BCUT2D eigenvalue weighted by molar-refractivity contribution is 5.93. The molecule has 1 amide bonds. The highest BCUT2D eigenvalue weighted by Crippen LogP contribution is 2.36. The topological polar surface area (TPSA) is 62.5 Å². The third kappa shape index (κ3) is 2.37. The van der Waals surface area contributed by atoms with Crippen LogP contribution in [0, 0.1) is 5.41 Å². The third-order valence-electron chi connectivity index (χ3n) is 3.99. The lowest BCUT2D eigenvalue weighted by molar-refractivity contribution is -0.148. The van der Waals surface area contributed by atoms with Crippen LogP contribution in [0.2, 0.25) is 0 Å². The molecule has 1 aromatic rings. The molecule has 1 N–H and O–H groups in total. The van der Waals surface area contributed by atoms with Gasteiger partial charge in [0.25, 0.3) is 5.91 Å². The zero-order valence-corrected chi connectivity index (χ0v) is 11.4. The fourth-order valence-electron chi connectivity index (χ4n) is 2.86. The van der Waals surface area contributed by atoms with Gasteiger partial charge in [-0.1, -0.05) is 13.3 Å². The monoisotopic (exact) mass is 264 g/mol. The number of hydrogen-bond acceptors (Lipinski definition) is 2. The zero-order chi connectivity index (χ0) is 14.0. The van der Waals surface area contributed by atoms with E-state index in [1.807, 2.05) is 26.2 Å². The van der Waals surface area contributed by atoms with E-state index in [0.29, 0.717) is 31.6 Å². The fraction of sp³-hybridized carbons (Fsp3) is 0.571. The summed E-state index contributed by atoms with van der Waals surface area (Å²) in [5, 5.41) is 9.44. The molecular formula is C14H20N2O3. The number of carbonyl (C=O) groups is 2. The molecule has 1 fully saturated rings. The molecule has 5 nitrogen and oxygen atoms in total. The van der Waals surface area contributed by atoms with Crippen molar-refractivity contribution in [1.29, 1.82) is 0 Å². The number of hydrogen-bond donors (Lipinski definition) is 1. The van der Waals surface area contributed by atoms with Gasteiger partial charge in [0.2, 0.25) is 0 Å². The Balaban J connectivity index is 2.15. The van der Waals surface area contributed by atoms with Gasteiger partial charge in [-0.3, -0.25) is 9.59 Å². The minimum Gasteiger partial charge on any atom is -0.481 e. The second-order valence-corrected chi connectivity index (χ2v) is 5.32. The van der Waals surface area contributed by atoms with E-state index in [1.54, 1.807) is 15.5 Å². The van der Waals surface area contributed by atoms with Crippen molar-refractivity contribution in [2.45, 2.75) is 26.2 Å². The van der Waals surface area contributed by atoms with Crippen LogP contribution in [0.5, 0.6) is 0 Å². The second kappa shape index (κ2) is 5.07. The van der Waals surface area contributed by atoms with Crippen LogP contribution >= 0.6 is 0 Å². The van der Waals surface area contributed by atoms with Gasteiger partial charge in [0, 0.05) is 26.3 Å². The van der Waals surface area contributed by atoms with E-state index in [4.69, 9.17) is 0 Å². The highest BCUT2D eigenvalue weighted by Gasteiger charge is 2.45. The Morgan fingerprint density at radius 2 is 2.21 bits per heavy atom. The van der Waals surface area contributed by atoms with Crippen molar-refractivity contribution < 1.29 is 14.7 Å². The molecule has 104 valence electrons. The molecule has 1 saturated heterocycles. The molecule has 5 heteroatoms. The number of carboxylic acid groups (broad SMARTS) is 1. The molecule has 19 heavy (non-hydrogen) atoms. The van der Waals surface area contributed by atoms with E-state index in [9.17, 15) is 14.7 Å². The lowest BCUT2D eigenvalue weighted by Gasteiger charge is -2.24. The summed E-state index contributed by atoms with van der Waals surface area (Å²) >= 11 is 0. The standard InChI is InChI=1S/C14H20N2O3/c1-3-6-14(13(18)19)7-9-16(10-14)12(17)11-5-4-8-15(11)2/h4-5,8H,3,6-7,9-10H2,1-2H3,(H,18,19). The SMILES string of the molecule is CCCC1(C(=O)O)CCN(C(=O)c2cccn2C)C1. The van der Waals surface area contributed by atoms with Crippen LogP contribution in [-0.2, 0) is 11.8 Å². The number of carboxylic acids is 1. The van der Waals surface area contributed by atoms with Crippen molar-refractivity contribution in [3.8, 4) is 0 Å². The first kappa shape index (κ1) is 13.6. The fourth-order valence-corrected chi connectivity index (χ4v) is 2.86. The molecule has 1 aliphatic heterocycles. The molecule has 2 rings (SSSR count). The van der Waals surface area contributed by atoms with Crippen molar-refractivity contribution in [3.05, 3.63) is 24.0 Å². The molecule has 2 heterocycles. The molecule has 0 spiro atoms. The quantitative estimate of drug-likeness (QED) is 0.901. The van der Waals surface area contributed by atoms with E-state index in [2.05, 4.69) is 0 Å². The first-order valence-electron chi connectivity index (χ1n) is 6.64. The number of carbonyl (C=O) groups excluding carboxylic acids is 1. The lowest BCUT2D eigenvalue weighted by atomic mass is 9.83. The number of amides is 1. The summed E-state index contributed by atoms with van der Waals surface area (Å²) in [5.74, 6) is -0.858. The van der Waals surface area contributed by atoms with E-state index in [1.165, 1.54) is 0 Å².